The lowest BCUT2D eigenvalue weighted by atomic mass is 10.1. The Balaban J connectivity index is 1.66. The molecule has 0 bridgehead atoms. The van der Waals surface area contributed by atoms with Gasteiger partial charge in [-0.2, -0.15) is 5.10 Å². The molecule has 2 aromatic carbocycles. The van der Waals surface area contributed by atoms with Crippen LogP contribution in [0.15, 0.2) is 36.4 Å². The van der Waals surface area contributed by atoms with Gasteiger partial charge in [0.25, 0.3) is 0 Å². The molecule has 0 saturated carbocycles. The second-order valence-corrected chi connectivity index (χ2v) is 9.00. The summed E-state index contributed by atoms with van der Waals surface area (Å²) in [5.41, 5.74) is 5.55. The molecular weight excluding hydrogens is 414 g/mol. The summed E-state index contributed by atoms with van der Waals surface area (Å²) in [6.07, 6.45) is 0.163. The highest BCUT2D eigenvalue weighted by molar-refractivity contribution is 7.83. The third-order valence-electron chi connectivity index (χ3n) is 5.54. The molecule has 31 heavy (non-hydrogen) atoms. The monoisotopic (exact) mass is 439 g/mol. The summed E-state index contributed by atoms with van der Waals surface area (Å²) < 4.78 is 24.5. The second kappa shape index (κ2) is 8.55. The zero-order valence-electron chi connectivity index (χ0n) is 18.0. The molecule has 162 valence electrons. The van der Waals surface area contributed by atoms with E-state index in [-0.39, 0.29) is 12.3 Å². The fourth-order valence-electron chi connectivity index (χ4n) is 3.75. The van der Waals surface area contributed by atoms with E-state index in [1.165, 1.54) is 0 Å². The van der Waals surface area contributed by atoms with Crippen molar-refractivity contribution in [2.75, 3.05) is 19.5 Å². The van der Waals surface area contributed by atoms with E-state index in [1.54, 1.807) is 31.0 Å². The van der Waals surface area contributed by atoms with Crippen LogP contribution in [-0.2, 0) is 33.5 Å². The van der Waals surface area contributed by atoms with Gasteiger partial charge in [-0.15, -0.1) is 0 Å². The number of aromatic nitrogens is 2. The molecule has 1 aromatic heterocycles. The Morgan fingerprint density at radius 2 is 1.90 bits per heavy atom. The number of aryl methyl sites for hydroxylation is 1. The van der Waals surface area contributed by atoms with Gasteiger partial charge in [0.15, 0.2) is 11.5 Å². The lowest BCUT2D eigenvalue weighted by molar-refractivity contribution is -0.115. The van der Waals surface area contributed by atoms with Gasteiger partial charge in [-0.05, 0) is 48.7 Å². The number of methoxy groups -OCH3 is 2. The molecule has 0 spiro atoms. The first-order valence-electron chi connectivity index (χ1n) is 9.94. The summed E-state index contributed by atoms with van der Waals surface area (Å²) in [7, 11) is 2.14. The number of anilines is 1. The summed E-state index contributed by atoms with van der Waals surface area (Å²) in [6.45, 7) is 4.07. The van der Waals surface area contributed by atoms with Crippen LogP contribution in [0.4, 0.5) is 5.82 Å². The smallest absolute Gasteiger partial charge is 0.229 e. The van der Waals surface area contributed by atoms with Crippen LogP contribution in [0.3, 0.4) is 0 Å². The van der Waals surface area contributed by atoms with E-state index in [0.717, 1.165) is 33.6 Å². The highest BCUT2D eigenvalue weighted by Gasteiger charge is 2.28. The quantitative estimate of drug-likeness (QED) is 0.636. The van der Waals surface area contributed by atoms with Gasteiger partial charge in [-0.25, -0.2) is 4.68 Å². The van der Waals surface area contributed by atoms with Crippen molar-refractivity contribution in [1.82, 2.24) is 9.78 Å². The lowest BCUT2D eigenvalue weighted by Gasteiger charge is -2.14. The molecule has 7 nitrogen and oxygen atoms in total. The molecule has 1 aliphatic heterocycles. The Kier molecular flexibility index (Phi) is 5.82. The first kappa shape index (κ1) is 21.1. The molecule has 0 fully saturated rings. The number of ether oxygens (including phenoxy) is 2. The van der Waals surface area contributed by atoms with E-state index in [9.17, 15) is 9.00 Å². The summed E-state index contributed by atoms with van der Waals surface area (Å²) >= 11 is 0. The molecule has 1 amide bonds. The van der Waals surface area contributed by atoms with Gasteiger partial charge in [-0.1, -0.05) is 18.2 Å². The minimum atomic E-state index is -0.991. The standard InChI is InChI=1S/C23H25N3O4S/c1-14-6-5-7-19(15(14)2)26-23(17-12-31(28)13-18(17)25-26)24-22(27)11-16-8-9-20(29-3)21(10-16)30-4/h5-10H,11-13H2,1-4H3,(H,24,27)/t31-/m1/s1. The number of carbonyl (C=O) groups excluding carboxylic acids is 1. The topological polar surface area (TPSA) is 82.5 Å². The molecule has 0 saturated heterocycles. The SMILES string of the molecule is COc1ccc(CC(=O)Nc2c3c(nn2-c2cccc(C)c2C)C[S@](=O)C3)cc1OC. The third-order valence-corrected chi connectivity index (χ3v) is 6.75. The Bertz CT molecular complexity index is 1190. The number of fused-ring (bicyclic) bond motifs is 1. The predicted octanol–water partition coefficient (Wildman–Crippen LogP) is 3.45. The summed E-state index contributed by atoms with van der Waals surface area (Å²) in [5.74, 6) is 2.40. The van der Waals surface area contributed by atoms with E-state index in [0.29, 0.717) is 28.8 Å². The molecule has 4 rings (SSSR count). The Labute approximate surface area is 183 Å². The average molecular weight is 440 g/mol. The van der Waals surface area contributed by atoms with Crippen LogP contribution in [0.2, 0.25) is 0 Å². The minimum Gasteiger partial charge on any atom is -0.493 e. The van der Waals surface area contributed by atoms with Gasteiger partial charge in [0.1, 0.15) is 5.82 Å². The van der Waals surface area contributed by atoms with Gasteiger partial charge in [0, 0.05) is 16.4 Å². The second-order valence-electron chi connectivity index (χ2n) is 7.55. The molecule has 8 heteroatoms. The van der Waals surface area contributed by atoms with Gasteiger partial charge >= 0.3 is 0 Å². The minimum absolute atomic E-state index is 0.163. The molecule has 1 atom stereocenters. The van der Waals surface area contributed by atoms with E-state index in [4.69, 9.17) is 14.6 Å². The highest BCUT2D eigenvalue weighted by atomic mass is 32.2. The Morgan fingerprint density at radius 1 is 1.13 bits per heavy atom. The first-order chi connectivity index (χ1) is 14.9. The fourth-order valence-corrected chi connectivity index (χ4v) is 5.01. The van der Waals surface area contributed by atoms with Gasteiger partial charge in [0.2, 0.25) is 5.91 Å². The van der Waals surface area contributed by atoms with E-state index >= 15 is 0 Å². The van der Waals surface area contributed by atoms with E-state index in [1.807, 2.05) is 38.1 Å². The van der Waals surface area contributed by atoms with E-state index in [2.05, 4.69) is 5.32 Å². The molecule has 2 heterocycles. The van der Waals surface area contributed by atoms with Crippen molar-refractivity contribution in [2.24, 2.45) is 0 Å². The van der Waals surface area contributed by atoms with Gasteiger partial charge in [-0.3, -0.25) is 9.00 Å². The zero-order chi connectivity index (χ0) is 22.1. The van der Waals surface area contributed by atoms with Crippen LogP contribution in [-0.4, -0.2) is 34.1 Å². The predicted molar refractivity (Wildman–Crippen MR) is 120 cm³/mol. The molecule has 1 aliphatic rings. The number of rotatable bonds is 6. The van der Waals surface area contributed by atoms with Crippen LogP contribution in [0.5, 0.6) is 11.5 Å². The molecule has 1 N–H and O–H groups in total. The number of nitrogens with zero attached hydrogens (tertiary/aromatic N) is 2. The molecule has 0 aliphatic carbocycles. The summed E-state index contributed by atoms with van der Waals surface area (Å²) in [6, 6.07) is 11.4. The van der Waals surface area contributed by atoms with Gasteiger partial charge in [0.05, 0.1) is 43.5 Å². The molecule has 0 unspecified atom stereocenters. The molecular formula is C23H25N3O4S. The Hall–Kier alpha value is -3.13. The average Bonchev–Trinajstić information content (AvgIpc) is 3.26. The number of hydrogen-bond donors (Lipinski definition) is 1. The highest BCUT2D eigenvalue weighted by Crippen LogP contribution is 2.33. The number of benzene rings is 2. The fraction of sp³-hybridized carbons (Fsp3) is 0.304. The largest absolute Gasteiger partial charge is 0.493 e. The maximum atomic E-state index is 13.0. The molecule has 0 radical (unpaired) electrons. The van der Waals surface area contributed by atoms with Crippen molar-refractivity contribution in [3.8, 4) is 17.2 Å². The van der Waals surface area contributed by atoms with Crippen molar-refractivity contribution in [3.63, 3.8) is 0 Å². The van der Waals surface area contributed by atoms with Crippen LogP contribution < -0.4 is 14.8 Å². The number of amides is 1. The van der Waals surface area contributed by atoms with Gasteiger partial charge < -0.3 is 14.8 Å². The van der Waals surface area contributed by atoms with Crippen LogP contribution in [0.1, 0.15) is 27.9 Å². The molecule has 3 aromatic rings. The maximum Gasteiger partial charge on any atom is 0.229 e. The van der Waals surface area contributed by atoms with Crippen molar-refractivity contribution in [1.29, 1.82) is 0 Å². The first-order valence-corrected chi connectivity index (χ1v) is 11.4. The normalized spacial score (nSPS) is 14.9. The van der Waals surface area contributed by atoms with Crippen molar-refractivity contribution >= 4 is 22.5 Å². The van der Waals surface area contributed by atoms with Crippen molar-refractivity contribution in [2.45, 2.75) is 31.8 Å². The Morgan fingerprint density at radius 3 is 2.65 bits per heavy atom. The summed E-state index contributed by atoms with van der Waals surface area (Å²) in [4.78, 5) is 13.0. The van der Waals surface area contributed by atoms with Crippen molar-refractivity contribution < 1.29 is 18.5 Å². The number of nitrogens with one attached hydrogen (secondary N) is 1. The number of carbonyl (C=O) groups is 1. The number of hydrogen-bond acceptors (Lipinski definition) is 5. The van der Waals surface area contributed by atoms with Crippen LogP contribution >= 0.6 is 0 Å². The maximum absolute atomic E-state index is 13.0. The third kappa shape index (κ3) is 4.07. The van der Waals surface area contributed by atoms with Crippen molar-refractivity contribution in [3.05, 3.63) is 64.3 Å². The van der Waals surface area contributed by atoms with E-state index < -0.39 is 10.8 Å². The van der Waals surface area contributed by atoms with Crippen LogP contribution in [0, 0.1) is 13.8 Å². The summed E-state index contributed by atoms with van der Waals surface area (Å²) in [5, 5.41) is 7.72. The van der Waals surface area contributed by atoms with Crippen LogP contribution in [0.25, 0.3) is 5.69 Å². The lowest BCUT2D eigenvalue weighted by Crippen LogP contribution is -2.19. The zero-order valence-corrected chi connectivity index (χ0v) is 18.8.